The van der Waals surface area contributed by atoms with E-state index in [1.807, 2.05) is 36.7 Å². The number of nitrogens with one attached hydrogen (secondary N) is 3. The third-order valence-electron chi connectivity index (χ3n) is 2.48. The number of hydrogen-bond acceptors (Lipinski definition) is 2. The van der Waals surface area contributed by atoms with Crippen LogP contribution in [-0.2, 0) is 6.42 Å². The molecule has 0 fully saturated rings. The van der Waals surface area contributed by atoms with Crippen LogP contribution in [0.15, 0.2) is 36.7 Å². The monoisotopic (exact) mass is 217 g/mol. The van der Waals surface area contributed by atoms with E-state index in [4.69, 9.17) is 5.73 Å². The molecule has 2 aromatic rings. The van der Waals surface area contributed by atoms with Gasteiger partial charge in [0.15, 0.2) is 0 Å². The lowest BCUT2D eigenvalue weighted by Gasteiger charge is -2.07. The maximum atomic E-state index is 5.82. The van der Waals surface area contributed by atoms with Crippen molar-refractivity contribution in [2.24, 2.45) is 0 Å². The van der Waals surface area contributed by atoms with E-state index in [1.54, 1.807) is 0 Å². The van der Waals surface area contributed by atoms with Crippen molar-refractivity contribution in [1.29, 1.82) is 0 Å². The number of imidazole rings is 1. The van der Waals surface area contributed by atoms with Crippen LogP contribution in [0, 0.1) is 0 Å². The van der Waals surface area contributed by atoms with Gasteiger partial charge in [-0.25, -0.2) is 9.97 Å². The minimum absolute atomic E-state index is 0.800. The van der Waals surface area contributed by atoms with Gasteiger partial charge in [-0.3, -0.25) is 0 Å². The van der Waals surface area contributed by atoms with Crippen LogP contribution in [0.5, 0.6) is 0 Å². The molecule has 4 nitrogen and oxygen atoms in total. The van der Waals surface area contributed by atoms with Crippen molar-refractivity contribution in [3.05, 3.63) is 42.5 Å². The second-order valence-corrected chi connectivity index (χ2v) is 3.72. The summed E-state index contributed by atoms with van der Waals surface area (Å²) in [4.78, 5) is 6.28. The lowest BCUT2D eigenvalue weighted by molar-refractivity contribution is -0.388. The molecule has 0 spiro atoms. The van der Waals surface area contributed by atoms with Gasteiger partial charge in [0.1, 0.15) is 12.4 Å². The summed E-state index contributed by atoms with van der Waals surface area (Å²) in [7, 11) is 0. The first kappa shape index (κ1) is 10.5. The summed E-state index contributed by atoms with van der Waals surface area (Å²) in [6, 6.07) is 7.82. The number of aromatic amines is 2. The molecule has 84 valence electrons. The summed E-state index contributed by atoms with van der Waals surface area (Å²) in [5.74, 6) is 1.16. The maximum Gasteiger partial charge on any atom is 0.252 e. The minimum Gasteiger partial charge on any atom is -0.397 e. The van der Waals surface area contributed by atoms with E-state index in [9.17, 15) is 0 Å². The van der Waals surface area contributed by atoms with Crippen molar-refractivity contribution in [3.8, 4) is 0 Å². The van der Waals surface area contributed by atoms with Crippen molar-refractivity contribution in [1.82, 2.24) is 4.98 Å². The maximum absolute atomic E-state index is 5.82. The minimum atomic E-state index is 0.800. The SMILES string of the molecule is Nc1ccccc1NCCCc1[nH]cc[nH+]1. The average molecular weight is 217 g/mol. The van der Waals surface area contributed by atoms with E-state index in [-0.39, 0.29) is 0 Å². The summed E-state index contributed by atoms with van der Waals surface area (Å²) in [5, 5.41) is 3.32. The zero-order chi connectivity index (χ0) is 11.2. The molecule has 0 saturated carbocycles. The number of nitrogen functional groups attached to an aromatic ring is 1. The van der Waals surface area contributed by atoms with Gasteiger partial charge >= 0.3 is 0 Å². The molecule has 2 rings (SSSR count). The van der Waals surface area contributed by atoms with Crippen LogP contribution < -0.4 is 16.0 Å². The molecule has 4 heteroatoms. The number of nitrogens with two attached hydrogens (primary N) is 1. The van der Waals surface area contributed by atoms with Crippen LogP contribution in [-0.4, -0.2) is 11.5 Å². The summed E-state index contributed by atoms with van der Waals surface area (Å²) >= 11 is 0. The van der Waals surface area contributed by atoms with E-state index in [1.165, 1.54) is 0 Å². The number of benzene rings is 1. The van der Waals surface area contributed by atoms with E-state index in [0.29, 0.717) is 0 Å². The van der Waals surface area contributed by atoms with E-state index >= 15 is 0 Å². The molecular weight excluding hydrogens is 200 g/mol. The molecule has 0 atom stereocenters. The van der Waals surface area contributed by atoms with Crippen molar-refractivity contribution >= 4 is 11.4 Å². The Hall–Kier alpha value is -1.97. The number of aromatic nitrogens is 2. The van der Waals surface area contributed by atoms with Gasteiger partial charge in [0.2, 0.25) is 0 Å². The molecule has 0 unspecified atom stereocenters. The largest absolute Gasteiger partial charge is 0.397 e. The van der Waals surface area contributed by atoms with Crippen LogP contribution >= 0.6 is 0 Å². The lowest BCUT2D eigenvalue weighted by atomic mass is 10.2. The number of hydrogen-bond donors (Lipinski definition) is 3. The van der Waals surface area contributed by atoms with Gasteiger partial charge in [-0.15, -0.1) is 0 Å². The fraction of sp³-hybridized carbons (Fsp3) is 0.250. The predicted molar refractivity (Wildman–Crippen MR) is 65.0 cm³/mol. The van der Waals surface area contributed by atoms with Crippen LogP contribution in [0.3, 0.4) is 0 Å². The molecule has 1 aromatic heterocycles. The van der Waals surface area contributed by atoms with E-state index in [0.717, 1.165) is 36.6 Å². The zero-order valence-corrected chi connectivity index (χ0v) is 9.16. The number of para-hydroxylation sites is 2. The Balaban J connectivity index is 1.74. The molecule has 0 amide bonds. The Kier molecular flexibility index (Phi) is 3.43. The van der Waals surface area contributed by atoms with Gasteiger partial charge in [-0.2, -0.15) is 0 Å². The molecule has 0 saturated heterocycles. The summed E-state index contributed by atoms with van der Waals surface area (Å²) in [5.41, 5.74) is 7.63. The predicted octanol–water partition coefficient (Wildman–Crippen LogP) is 1.46. The molecular formula is C12H17N4+. The van der Waals surface area contributed by atoms with Crippen molar-refractivity contribution < 1.29 is 4.98 Å². The third-order valence-corrected chi connectivity index (χ3v) is 2.48. The second kappa shape index (κ2) is 5.21. The Morgan fingerprint density at radius 3 is 2.94 bits per heavy atom. The Morgan fingerprint density at radius 2 is 2.19 bits per heavy atom. The number of H-pyrrole nitrogens is 2. The molecule has 0 aliphatic heterocycles. The van der Waals surface area contributed by atoms with Gasteiger partial charge in [0, 0.05) is 6.54 Å². The van der Waals surface area contributed by atoms with Gasteiger partial charge in [0.25, 0.3) is 5.82 Å². The van der Waals surface area contributed by atoms with Crippen LogP contribution in [0.25, 0.3) is 0 Å². The fourth-order valence-corrected chi connectivity index (χ4v) is 1.62. The highest BCUT2D eigenvalue weighted by Crippen LogP contribution is 2.16. The number of aryl methyl sites for hydroxylation is 1. The Labute approximate surface area is 94.9 Å². The van der Waals surface area contributed by atoms with Crippen molar-refractivity contribution in [2.75, 3.05) is 17.6 Å². The Morgan fingerprint density at radius 1 is 1.31 bits per heavy atom. The quantitative estimate of drug-likeness (QED) is 0.524. The molecule has 16 heavy (non-hydrogen) atoms. The van der Waals surface area contributed by atoms with Crippen LogP contribution in [0.4, 0.5) is 11.4 Å². The Bertz CT molecular complexity index is 422. The highest BCUT2D eigenvalue weighted by atomic mass is 14.9. The molecule has 5 N–H and O–H groups in total. The molecule has 1 heterocycles. The third kappa shape index (κ3) is 2.76. The first-order valence-electron chi connectivity index (χ1n) is 5.48. The highest BCUT2D eigenvalue weighted by molar-refractivity contribution is 5.65. The van der Waals surface area contributed by atoms with E-state index in [2.05, 4.69) is 15.3 Å². The van der Waals surface area contributed by atoms with Gasteiger partial charge < -0.3 is 11.1 Å². The topological polar surface area (TPSA) is 68.0 Å². The van der Waals surface area contributed by atoms with Crippen LogP contribution in [0.2, 0.25) is 0 Å². The zero-order valence-electron chi connectivity index (χ0n) is 9.16. The lowest BCUT2D eigenvalue weighted by Crippen LogP contribution is -2.10. The molecule has 0 aliphatic rings. The summed E-state index contributed by atoms with van der Waals surface area (Å²) in [6.45, 7) is 0.918. The van der Waals surface area contributed by atoms with E-state index < -0.39 is 0 Å². The number of rotatable bonds is 5. The number of anilines is 2. The molecule has 0 bridgehead atoms. The first-order chi connectivity index (χ1) is 7.86. The fourth-order valence-electron chi connectivity index (χ4n) is 1.62. The standard InChI is InChI=1S/C12H16N4/c13-10-4-1-2-5-11(10)14-7-3-6-12-15-8-9-16-12/h1-2,4-5,8-9,14H,3,6-7,13H2,(H,15,16)/p+1. The van der Waals surface area contributed by atoms with Crippen molar-refractivity contribution in [3.63, 3.8) is 0 Å². The molecule has 0 radical (unpaired) electrons. The van der Waals surface area contributed by atoms with Crippen LogP contribution in [0.1, 0.15) is 12.2 Å². The average Bonchev–Trinajstić information content (AvgIpc) is 2.79. The van der Waals surface area contributed by atoms with Crippen molar-refractivity contribution in [2.45, 2.75) is 12.8 Å². The van der Waals surface area contributed by atoms with Gasteiger partial charge in [-0.1, -0.05) is 12.1 Å². The first-order valence-corrected chi connectivity index (χ1v) is 5.48. The normalized spacial score (nSPS) is 10.2. The molecule has 0 aliphatic carbocycles. The second-order valence-electron chi connectivity index (χ2n) is 3.72. The summed E-state index contributed by atoms with van der Waals surface area (Å²) in [6.07, 6.45) is 5.87. The van der Waals surface area contributed by atoms with Gasteiger partial charge in [0.05, 0.1) is 17.8 Å². The molecule has 1 aromatic carbocycles. The summed E-state index contributed by atoms with van der Waals surface area (Å²) < 4.78 is 0. The highest BCUT2D eigenvalue weighted by Gasteiger charge is 2.01. The smallest absolute Gasteiger partial charge is 0.252 e. The van der Waals surface area contributed by atoms with Gasteiger partial charge in [-0.05, 0) is 18.6 Å².